The van der Waals surface area contributed by atoms with E-state index in [1.54, 1.807) is 0 Å². The van der Waals surface area contributed by atoms with E-state index in [1.165, 1.54) is 0 Å². The van der Waals surface area contributed by atoms with Gasteiger partial charge in [-0.15, -0.1) is 0 Å². The van der Waals surface area contributed by atoms with Crippen LogP contribution in [0.3, 0.4) is 0 Å². The lowest BCUT2D eigenvalue weighted by molar-refractivity contribution is 0.101. The molecule has 1 amide bonds. The Hall–Kier alpha value is -4.12. The number of rotatable bonds is 4. The van der Waals surface area contributed by atoms with Gasteiger partial charge in [-0.3, -0.25) is 9.89 Å². The largest absolute Gasteiger partial charge is 0.340 e. The molecule has 0 spiro atoms. The van der Waals surface area contributed by atoms with Crippen molar-refractivity contribution in [1.29, 1.82) is 0 Å². The molecule has 5 nitrogen and oxygen atoms in total. The maximum atomic E-state index is 13.0. The fourth-order valence-corrected chi connectivity index (χ4v) is 3.73. The fourth-order valence-electron chi connectivity index (χ4n) is 3.73. The van der Waals surface area contributed by atoms with Crippen molar-refractivity contribution in [3.05, 3.63) is 95.8 Å². The molecule has 30 heavy (non-hydrogen) atoms. The Morgan fingerprint density at radius 3 is 2.63 bits per heavy atom. The smallest absolute Gasteiger partial charge is 0.272 e. The second-order valence-corrected chi connectivity index (χ2v) is 7.18. The summed E-state index contributed by atoms with van der Waals surface area (Å²) in [5.41, 5.74) is 5.17. The molecular formula is C25H20N4O. The number of nitrogens with zero attached hydrogens (tertiary/aromatic N) is 2. The summed E-state index contributed by atoms with van der Waals surface area (Å²) in [5.74, 6) is -0.139. The topological polar surface area (TPSA) is 62.7 Å². The van der Waals surface area contributed by atoms with E-state index in [2.05, 4.69) is 15.5 Å². The second kappa shape index (κ2) is 7.37. The molecule has 5 heteroatoms. The first-order chi connectivity index (χ1) is 14.7. The number of nitrogens with one attached hydrogen (secondary N) is 2. The van der Waals surface area contributed by atoms with Crippen LogP contribution in [0.25, 0.3) is 34.0 Å². The van der Waals surface area contributed by atoms with E-state index in [1.807, 2.05) is 103 Å². The zero-order valence-corrected chi connectivity index (χ0v) is 16.5. The van der Waals surface area contributed by atoms with Gasteiger partial charge in [0, 0.05) is 29.0 Å². The van der Waals surface area contributed by atoms with Gasteiger partial charge in [0.25, 0.3) is 5.91 Å². The summed E-state index contributed by atoms with van der Waals surface area (Å²) < 4.78 is 1.92. The van der Waals surface area contributed by atoms with Gasteiger partial charge < -0.3 is 9.88 Å². The van der Waals surface area contributed by atoms with Crippen molar-refractivity contribution in [2.45, 2.75) is 0 Å². The van der Waals surface area contributed by atoms with E-state index in [0.29, 0.717) is 5.69 Å². The summed E-state index contributed by atoms with van der Waals surface area (Å²) >= 11 is 0. The number of carbonyl (C=O) groups excluding carboxylic acids is 1. The number of hydrogen-bond donors (Lipinski definition) is 2. The highest BCUT2D eigenvalue weighted by Crippen LogP contribution is 2.23. The molecule has 0 aliphatic heterocycles. The number of fused-ring (bicyclic) bond motifs is 2. The molecule has 0 aliphatic rings. The summed E-state index contributed by atoms with van der Waals surface area (Å²) in [6.07, 6.45) is 3.93. The summed E-state index contributed by atoms with van der Waals surface area (Å²) in [7, 11) is 1.91. The van der Waals surface area contributed by atoms with Crippen LogP contribution < -0.4 is 5.32 Å². The van der Waals surface area contributed by atoms with Gasteiger partial charge in [0.05, 0.1) is 11.2 Å². The van der Waals surface area contributed by atoms with Crippen molar-refractivity contribution in [1.82, 2.24) is 14.8 Å². The van der Waals surface area contributed by atoms with Crippen LogP contribution in [0, 0.1) is 0 Å². The van der Waals surface area contributed by atoms with Crippen LogP contribution in [-0.4, -0.2) is 20.7 Å². The van der Waals surface area contributed by atoms with Crippen molar-refractivity contribution in [2.75, 3.05) is 5.32 Å². The van der Waals surface area contributed by atoms with Crippen LogP contribution in [0.5, 0.6) is 0 Å². The monoisotopic (exact) mass is 392 g/mol. The lowest BCUT2D eigenvalue weighted by atomic mass is 10.1. The molecular weight excluding hydrogens is 372 g/mol. The number of carbonyl (C=O) groups is 1. The van der Waals surface area contributed by atoms with E-state index >= 15 is 0 Å². The lowest BCUT2D eigenvalue weighted by Crippen LogP contribution is -2.16. The maximum Gasteiger partial charge on any atom is 0.272 e. The number of aromatic nitrogens is 3. The third-order valence-corrected chi connectivity index (χ3v) is 5.31. The number of aromatic amines is 1. The van der Waals surface area contributed by atoms with Crippen molar-refractivity contribution in [2.24, 2.45) is 7.05 Å². The van der Waals surface area contributed by atoms with E-state index in [-0.39, 0.29) is 5.91 Å². The molecule has 0 saturated heterocycles. The highest BCUT2D eigenvalue weighted by atomic mass is 16.1. The molecule has 0 bridgehead atoms. The summed E-state index contributed by atoms with van der Waals surface area (Å²) in [6.45, 7) is 0. The molecule has 0 fully saturated rings. The van der Waals surface area contributed by atoms with Crippen LogP contribution >= 0.6 is 0 Å². The number of benzene rings is 3. The van der Waals surface area contributed by atoms with Crippen LogP contribution in [0.15, 0.2) is 78.9 Å². The quantitative estimate of drug-likeness (QED) is 0.426. The molecule has 0 radical (unpaired) electrons. The third-order valence-electron chi connectivity index (χ3n) is 5.31. The second-order valence-electron chi connectivity index (χ2n) is 7.18. The number of hydrogen-bond acceptors (Lipinski definition) is 2. The van der Waals surface area contributed by atoms with Crippen molar-refractivity contribution >= 4 is 45.6 Å². The molecule has 0 atom stereocenters. The Morgan fingerprint density at radius 1 is 0.967 bits per heavy atom. The molecule has 5 rings (SSSR count). The first kappa shape index (κ1) is 17.9. The number of anilines is 1. The number of para-hydroxylation sites is 3. The van der Waals surface area contributed by atoms with E-state index in [9.17, 15) is 4.79 Å². The molecule has 0 aliphatic carbocycles. The van der Waals surface area contributed by atoms with Gasteiger partial charge in [-0.25, -0.2) is 0 Å². The van der Waals surface area contributed by atoms with Crippen LogP contribution in [0.2, 0.25) is 0 Å². The normalized spacial score (nSPS) is 11.5. The Balaban J connectivity index is 1.44. The van der Waals surface area contributed by atoms with Crippen molar-refractivity contribution < 1.29 is 4.79 Å². The molecule has 146 valence electrons. The Morgan fingerprint density at radius 2 is 1.73 bits per heavy atom. The number of aryl methyl sites for hydroxylation is 1. The van der Waals surface area contributed by atoms with Gasteiger partial charge in [0.1, 0.15) is 5.69 Å². The zero-order valence-electron chi connectivity index (χ0n) is 16.5. The fraction of sp³-hybridized carbons (Fsp3) is 0.0400. The summed E-state index contributed by atoms with van der Waals surface area (Å²) in [4.78, 5) is 13.0. The number of H-pyrrole nitrogens is 1. The lowest BCUT2D eigenvalue weighted by Gasteiger charge is -2.09. The van der Waals surface area contributed by atoms with Gasteiger partial charge in [-0.05, 0) is 35.9 Å². The predicted octanol–water partition coefficient (Wildman–Crippen LogP) is 5.48. The van der Waals surface area contributed by atoms with Crippen LogP contribution in [0.1, 0.15) is 21.7 Å². The van der Waals surface area contributed by atoms with Gasteiger partial charge in [-0.1, -0.05) is 60.7 Å². The molecule has 0 saturated carbocycles. The molecule has 5 aromatic rings. The minimum atomic E-state index is -0.139. The average molecular weight is 392 g/mol. The molecule has 2 aromatic heterocycles. The summed E-state index contributed by atoms with van der Waals surface area (Å²) in [6, 6.07) is 25.6. The Kier molecular flexibility index (Phi) is 4.41. The van der Waals surface area contributed by atoms with Gasteiger partial charge >= 0.3 is 0 Å². The minimum absolute atomic E-state index is 0.139. The van der Waals surface area contributed by atoms with Gasteiger partial charge in [-0.2, -0.15) is 5.10 Å². The van der Waals surface area contributed by atoms with Crippen LogP contribution in [0.4, 0.5) is 5.69 Å². The highest BCUT2D eigenvalue weighted by Gasteiger charge is 2.14. The Labute approximate surface area is 173 Å². The molecule has 0 unspecified atom stereocenters. The van der Waals surface area contributed by atoms with Gasteiger partial charge in [0.15, 0.2) is 0 Å². The minimum Gasteiger partial charge on any atom is -0.340 e. The van der Waals surface area contributed by atoms with E-state index < -0.39 is 0 Å². The molecule has 3 aromatic carbocycles. The summed E-state index contributed by atoms with van der Waals surface area (Å²) in [5, 5.41) is 12.6. The predicted molar refractivity (Wildman–Crippen MR) is 122 cm³/mol. The average Bonchev–Trinajstić information content (AvgIpc) is 3.34. The SMILES string of the molecule is Cn1c(C(=O)Nc2ccccc2C=Cc2n[nH]c3ccccc23)cc2ccccc21. The van der Waals surface area contributed by atoms with Crippen molar-refractivity contribution in [3.8, 4) is 0 Å². The molecule has 2 N–H and O–H groups in total. The molecule has 2 heterocycles. The van der Waals surface area contributed by atoms with Crippen LogP contribution in [-0.2, 0) is 7.05 Å². The van der Waals surface area contributed by atoms with Crippen molar-refractivity contribution in [3.63, 3.8) is 0 Å². The van der Waals surface area contributed by atoms with E-state index in [0.717, 1.165) is 38.8 Å². The third kappa shape index (κ3) is 3.16. The standard InChI is InChI=1S/C25H20N4O/c1-29-23-13-7-3-9-18(23)16-24(29)25(30)26-20-11-5-2-8-17(20)14-15-22-19-10-4-6-12-21(19)27-28-22/h2-16H,1H3,(H,26,30)(H,27,28). The maximum absolute atomic E-state index is 13.0. The van der Waals surface area contributed by atoms with Gasteiger partial charge in [0.2, 0.25) is 0 Å². The first-order valence-electron chi connectivity index (χ1n) is 9.77. The highest BCUT2D eigenvalue weighted by molar-refractivity contribution is 6.07. The Bertz CT molecular complexity index is 1410. The number of amides is 1. The first-order valence-corrected chi connectivity index (χ1v) is 9.77. The zero-order chi connectivity index (χ0) is 20.5. The van der Waals surface area contributed by atoms with E-state index in [4.69, 9.17) is 0 Å².